The third-order valence-corrected chi connectivity index (χ3v) is 8.15. The van der Waals surface area contributed by atoms with Crippen LogP contribution in [0.15, 0.2) is 54.6 Å². The van der Waals surface area contributed by atoms with Gasteiger partial charge in [0.05, 0.1) is 6.26 Å². The minimum absolute atomic E-state index is 0.0780. The second kappa shape index (κ2) is 13.5. The third-order valence-electron chi connectivity index (χ3n) is 7.35. The smallest absolute Gasteiger partial charge is 0.240 e. The van der Waals surface area contributed by atoms with Gasteiger partial charge in [0.15, 0.2) is 0 Å². The zero-order valence-electron chi connectivity index (χ0n) is 23.1. The van der Waals surface area contributed by atoms with E-state index in [-0.39, 0.29) is 17.7 Å². The number of hydrogen-bond acceptors (Lipinski definition) is 6. The molecule has 0 saturated heterocycles. The van der Waals surface area contributed by atoms with E-state index in [1.807, 2.05) is 41.1 Å². The Morgan fingerprint density at radius 1 is 1.07 bits per heavy atom. The summed E-state index contributed by atoms with van der Waals surface area (Å²) >= 11 is 6.04. The number of nitrogens with one attached hydrogen (secondary N) is 1. The minimum Gasteiger partial charge on any atom is -0.457 e. The number of primary amides is 1. The van der Waals surface area contributed by atoms with E-state index in [4.69, 9.17) is 22.1 Å². The molecule has 2 aliphatic rings. The first-order chi connectivity index (χ1) is 19.5. The molecule has 4 rings (SSSR count). The number of sulfonamides is 1. The van der Waals surface area contributed by atoms with Crippen LogP contribution in [0.4, 0.5) is 0 Å². The van der Waals surface area contributed by atoms with E-state index in [9.17, 15) is 22.8 Å². The van der Waals surface area contributed by atoms with Crippen LogP contribution in [0.1, 0.15) is 56.1 Å². The summed E-state index contributed by atoms with van der Waals surface area (Å²) in [7, 11) is -3.52. The van der Waals surface area contributed by atoms with Crippen LogP contribution in [-0.4, -0.2) is 43.3 Å². The van der Waals surface area contributed by atoms with Gasteiger partial charge < -0.3 is 15.4 Å². The number of nitrogens with two attached hydrogens (primary N) is 1. The first-order valence-corrected chi connectivity index (χ1v) is 16.1. The minimum atomic E-state index is -3.52. The molecule has 41 heavy (non-hydrogen) atoms. The van der Waals surface area contributed by atoms with Crippen LogP contribution in [-0.2, 0) is 37.4 Å². The molecule has 1 aliphatic carbocycles. The Bertz CT molecular complexity index is 1430. The van der Waals surface area contributed by atoms with Crippen molar-refractivity contribution in [1.29, 1.82) is 0 Å². The Morgan fingerprint density at radius 2 is 1.83 bits per heavy atom. The number of carbonyl (C=O) groups excluding carboxylic acids is 3. The highest BCUT2D eigenvalue weighted by Gasteiger charge is 2.41. The van der Waals surface area contributed by atoms with Crippen molar-refractivity contribution in [2.45, 2.75) is 64.0 Å². The van der Waals surface area contributed by atoms with Gasteiger partial charge >= 0.3 is 0 Å². The molecule has 2 aromatic carbocycles. The predicted molar refractivity (Wildman–Crippen MR) is 157 cm³/mol. The molecule has 1 heterocycles. The number of hydrogen-bond donors (Lipinski definition) is 2. The molecule has 1 unspecified atom stereocenters. The summed E-state index contributed by atoms with van der Waals surface area (Å²) < 4.78 is 30.3. The summed E-state index contributed by atoms with van der Waals surface area (Å²) in [6.07, 6.45) is 10.7. The van der Waals surface area contributed by atoms with Crippen molar-refractivity contribution in [3.05, 3.63) is 70.8 Å². The van der Waals surface area contributed by atoms with Gasteiger partial charge in [0.1, 0.15) is 17.5 Å². The second-order valence-electron chi connectivity index (χ2n) is 10.8. The van der Waals surface area contributed by atoms with Gasteiger partial charge in [0.2, 0.25) is 27.7 Å². The van der Waals surface area contributed by atoms with E-state index in [1.54, 1.807) is 23.1 Å². The summed E-state index contributed by atoms with van der Waals surface area (Å²) in [5.41, 5.74) is 7.59. The first kappa shape index (κ1) is 30.6. The lowest BCUT2D eigenvalue weighted by atomic mass is 9.92. The number of nitrogens with zero attached hydrogens (tertiary/aromatic N) is 1. The predicted octanol–water partition coefficient (Wildman–Crippen LogP) is 4.48. The highest BCUT2D eigenvalue weighted by atomic mass is 35.5. The maximum Gasteiger partial charge on any atom is 0.240 e. The summed E-state index contributed by atoms with van der Waals surface area (Å²) in [6, 6.07) is 12.1. The van der Waals surface area contributed by atoms with Crippen molar-refractivity contribution < 1.29 is 27.5 Å². The zero-order chi connectivity index (χ0) is 29.6. The van der Waals surface area contributed by atoms with Crippen LogP contribution in [0.2, 0.25) is 5.02 Å². The highest BCUT2D eigenvalue weighted by Crippen LogP contribution is 2.40. The molecule has 0 bridgehead atoms. The number of halogens is 1. The Morgan fingerprint density at radius 3 is 2.56 bits per heavy atom. The average Bonchev–Trinajstić information content (AvgIpc) is 3.68. The standard InChI is InChI=1S/C30H36ClN3O6S/c1-41(38,39)33-30(37)26-16-20(26)9-6-4-2-3-5-7-12-28(35)34-19-21-13-14-25(15-22(21)17-27(34)29(32)36)40-24-11-8-10-23(31)18-24/h6,8-11,13-15,18,20,26-27H,2-5,7,12,16-17,19H2,1H3,(H2,32,36)(H,33,37)/b9-6-/t20-,26+,27?/m1/s1. The lowest BCUT2D eigenvalue weighted by Gasteiger charge is -2.35. The lowest BCUT2D eigenvalue weighted by molar-refractivity contribution is -0.140. The van der Waals surface area contributed by atoms with Crippen molar-refractivity contribution in [3.63, 3.8) is 0 Å². The van der Waals surface area contributed by atoms with Crippen LogP contribution >= 0.6 is 11.6 Å². The first-order valence-electron chi connectivity index (χ1n) is 13.8. The molecular formula is C30H36ClN3O6S. The van der Waals surface area contributed by atoms with Crippen molar-refractivity contribution in [2.75, 3.05) is 6.26 Å². The van der Waals surface area contributed by atoms with Crippen molar-refractivity contribution in [3.8, 4) is 11.5 Å². The summed E-state index contributed by atoms with van der Waals surface area (Å²) in [5, 5.41) is 0.573. The number of amides is 3. The fraction of sp³-hybridized carbons (Fsp3) is 0.433. The number of rotatable bonds is 13. The largest absolute Gasteiger partial charge is 0.457 e. The lowest BCUT2D eigenvalue weighted by Crippen LogP contribution is -2.51. The van der Waals surface area contributed by atoms with Crippen molar-refractivity contribution in [2.24, 2.45) is 17.6 Å². The molecule has 0 radical (unpaired) electrons. The fourth-order valence-corrected chi connectivity index (χ4v) is 5.80. The molecule has 11 heteroatoms. The van der Waals surface area contributed by atoms with E-state index < -0.39 is 27.9 Å². The van der Waals surface area contributed by atoms with Crippen molar-refractivity contribution in [1.82, 2.24) is 9.62 Å². The molecule has 1 fully saturated rings. The van der Waals surface area contributed by atoms with Gasteiger partial charge in [-0.25, -0.2) is 8.42 Å². The van der Waals surface area contributed by atoms with Gasteiger partial charge in [-0.05, 0) is 73.1 Å². The molecule has 0 spiro atoms. The number of allylic oxidation sites excluding steroid dienone is 2. The number of ether oxygens (including phenoxy) is 1. The van der Waals surface area contributed by atoms with Gasteiger partial charge in [-0.3, -0.25) is 19.1 Å². The van der Waals surface area contributed by atoms with Gasteiger partial charge in [-0.15, -0.1) is 0 Å². The normalized spacial score (nSPS) is 20.0. The van der Waals surface area contributed by atoms with Gasteiger partial charge in [0, 0.05) is 30.3 Å². The summed E-state index contributed by atoms with van der Waals surface area (Å²) in [5.74, 6) is 0.0365. The molecule has 9 nitrogen and oxygen atoms in total. The summed E-state index contributed by atoms with van der Waals surface area (Å²) in [4.78, 5) is 38.7. The van der Waals surface area contributed by atoms with Crippen molar-refractivity contribution >= 4 is 39.3 Å². The molecular weight excluding hydrogens is 566 g/mol. The molecule has 1 saturated carbocycles. The Kier molecular flexibility index (Phi) is 10.1. The average molecular weight is 602 g/mol. The Hall–Kier alpha value is -3.37. The number of unbranched alkanes of at least 4 members (excludes halogenated alkanes) is 4. The maximum absolute atomic E-state index is 13.1. The van der Waals surface area contributed by atoms with Crippen LogP contribution in [0, 0.1) is 11.8 Å². The topological polar surface area (TPSA) is 136 Å². The molecule has 3 N–H and O–H groups in total. The zero-order valence-corrected chi connectivity index (χ0v) is 24.6. The Labute approximate surface area is 246 Å². The highest BCUT2D eigenvalue weighted by molar-refractivity contribution is 7.89. The second-order valence-corrected chi connectivity index (χ2v) is 12.9. The van der Waals surface area contributed by atoms with Crippen LogP contribution < -0.4 is 15.2 Å². The fourth-order valence-electron chi connectivity index (χ4n) is 5.10. The molecule has 3 amide bonds. The maximum atomic E-state index is 13.1. The number of carbonyl (C=O) groups is 3. The molecule has 2 aromatic rings. The van der Waals surface area contributed by atoms with Gasteiger partial charge in [-0.1, -0.05) is 48.7 Å². The van der Waals surface area contributed by atoms with E-state index in [0.29, 0.717) is 42.3 Å². The van der Waals surface area contributed by atoms with Crippen LogP contribution in [0.5, 0.6) is 11.5 Å². The molecule has 220 valence electrons. The van der Waals surface area contributed by atoms with E-state index in [0.717, 1.165) is 49.5 Å². The molecule has 3 atom stereocenters. The molecule has 1 aliphatic heterocycles. The number of fused-ring (bicyclic) bond motifs is 1. The van der Waals surface area contributed by atoms with Crippen LogP contribution in [0.25, 0.3) is 0 Å². The van der Waals surface area contributed by atoms with Gasteiger partial charge in [0.25, 0.3) is 0 Å². The Balaban J connectivity index is 1.19. The van der Waals surface area contributed by atoms with E-state index in [2.05, 4.69) is 0 Å². The summed E-state index contributed by atoms with van der Waals surface area (Å²) in [6.45, 7) is 0.328. The van der Waals surface area contributed by atoms with E-state index >= 15 is 0 Å². The van der Waals surface area contributed by atoms with E-state index in [1.165, 1.54) is 0 Å². The quantitative estimate of drug-likeness (QED) is 0.257. The SMILES string of the molecule is CS(=O)(=O)NC(=O)[C@H]1C[C@H]1/C=C\CCCCCCC(=O)N1Cc2ccc(Oc3cccc(Cl)c3)cc2CC1C(N)=O. The molecule has 0 aromatic heterocycles. The number of benzene rings is 2. The monoisotopic (exact) mass is 601 g/mol. The van der Waals surface area contributed by atoms with Crippen LogP contribution in [0.3, 0.4) is 0 Å². The third kappa shape index (κ3) is 9.06. The van der Waals surface area contributed by atoms with Gasteiger partial charge in [-0.2, -0.15) is 0 Å².